The lowest BCUT2D eigenvalue weighted by Gasteiger charge is -2.11. The molecule has 2 aromatic rings. The molecule has 0 aromatic heterocycles. The SMILES string of the molecule is Cc1ccc(Oc2cc(Br)ccc2F)c(CCl)c1. The summed E-state index contributed by atoms with van der Waals surface area (Å²) in [5, 5.41) is 0. The number of benzene rings is 2. The Balaban J connectivity index is 2.36. The zero-order valence-electron chi connectivity index (χ0n) is 9.71. The van der Waals surface area contributed by atoms with Crippen molar-refractivity contribution in [3.8, 4) is 11.5 Å². The predicted molar refractivity (Wildman–Crippen MR) is 74.9 cm³/mol. The summed E-state index contributed by atoms with van der Waals surface area (Å²) in [4.78, 5) is 0. The zero-order chi connectivity index (χ0) is 13.1. The average Bonchev–Trinajstić information content (AvgIpc) is 2.36. The van der Waals surface area contributed by atoms with E-state index in [4.69, 9.17) is 16.3 Å². The van der Waals surface area contributed by atoms with Gasteiger partial charge in [0.15, 0.2) is 11.6 Å². The largest absolute Gasteiger partial charge is 0.454 e. The number of alkyl halides is 1. The maximum Gasteiger partial charge on any atom is 0.165 e. The van der Waals surface area contributed by atoms with Gasteiger partial charge in [0.05, 0.1) is 5.88 Å². The van der Waals surface area contributed by atoms with Gasteiger partial charge in [-0.25, -0.2) is 4.39 Å². The van der Waals surface area contributed by atoms with Crippen molar-refractivity contribution >= 4 is 27.5 Å². The Morgan fingerprint density at radius 3 is 2.67 bits per heavy atom. The second-order valence-corrected chi connectivity index (χ2v) is 5.10. The minimum absolute atomic E-state index is 0.180. The molecule has 0 aliphatic heterocycles. The van der Waals surface area contributed by atoms with Crippen LogP contribution in [0.25, 0.3) is 0 Å². The molecule has 0 fully saturated rings. The molecule has 0 saturated carbocycles. The van der Waals surface area contributed by atoms with Gasteiger partial charge < -0.3 is 4.74 Å². The second kappa shape index (κ2) is 5.72. The van der Waals surface area contributed by atoms with Crippen LogP contribution in [0.2, 0.25) is 0 Å². The molecule has 0 saturated heterocycles. The number of halogens is 3. The van der Waals surface area contributed by atoms with E-state index >= 15 is 0 Å². The molecule has 0 aliphatic carbocycles. The van der Waals surface area contributed by atoms with Crippen molar-refractivity contribution in [3.63, 3.8) is 0 Å². The van der Waals surface area contributed by atoms with E-state index in [2.05, 4.69) is 15.9 Å². The maximum absolute atomic E-state index is 13.6. The van der Waals surface area contributed by atoms with Crippen LogP contribution in [0.5, 0.6) is 11.5 Å². The lowest BCUT2D eigenvalue weighted by Crippen LogP contribution is -1.93. The summed E-state index contributed by atoms with van der Waals surface area (Å²) in [5.41, 5.74) is 1.93. The van der Waals surface area contributed by atoms with Gasteiger partial charge in [0.1, 0.15) is 5.75 Å². The van der Waals surface area contributed by atoms with Crippen LogP contribution in [0.1, 0.15) is 11.1 Å². The Kier molecular flexibility index (Phi) is 4.25. The lowest BCUT2D eigenvalue weighted by atomic mass is 10.1. The van der Waals surface area contributed by atoms with Crippen molar-refractivity contribution in [1.82, 2.24) is 0 Å². The summed E-state index contributed by atoms with van der Waals surface area (Å²) in [6.07, 6.45) is 0. The first-order chi connectivity index (χ1) is 8.60. The zero-order valence-corrected chi connectivity index (χ0v) is 12.1. The summed E-state index contributed by atoms with van der Waals surface area (Å²) in [6, 6.07) is 10.2. The molecule has 0 bridgehead atoms. The van der Waals surface area contributed by atoms with Gasteiger partial charge in [-0.3, -0.25) is 0 Å². The lowest BCUT2D eigenvalue weighted by molar-refractivity contribution is 0.438. The van der Waals surface area contributed by atoms with Crippen LogP contribution in [0.3, 0.4) is 0 Å². The smallest absolute Gasteiger partial charge is 0.165 e. The van der Waals surface area contributed by atoms with Gasteiger partial charge in [0.25, 0.3) is 0 Å². The van der Waals surface area contributed by atoms with Gasteiger partial charge in [0.2, 0.25) is 0 Å². The van der Waals surface area contributed by atoms with Crippen LogP contribution < -0.4 is 4.74 Å². The monoisotopic (exact) mass is 328 g/mol. The van der Waals surface area contributed by atoms with Crippen LogP contribution in [-0.4, -0.2) is 0 Å². The molecule has 0 unspecified atom stereocenters. The van der Waals surface area contributed by atoms with Crippen molar-refractivity contribution in [2.24, 2.45) is 0 Å². The van der Waals surface area contributed by atoms with E-state index in [0.29, 0.717) is 11.6 Å². The highest BCUT2D eigenvalue weighted by Crippen LogP contribution is 2.31. The fraction of sp³-hybridized carbons (Fsp3) is 0.143. The predicted octanol–water partition coefficient (Wildman–Crippen LogP) is 5.43. The van der Waals surface area contributed by atoms with Gasteiger partial charge in [0, 0.05) is 10.0 Å². The highest BCUT2D eigenvalue weighted by atomic mass is 79.9. The molecule has 0 amide bonds. The molecule has 2 rings (SSSR count). The minimum Gasteiger partial charge on any atom is -0.454 e. The van der Waals surface area contributed by atoms with Gasteiger partial charge >= 0.3 is 0 Å². The van der Waals surface area contributed by atoms with Gasteiger partial charge in [-0.1, -0.05) is 33.6 Å². The fourth-order valence-corrected chi connectivity index (χ4v) is 2.14. The third-order valence-electron chi connectivity index (χ3n) is 2.47. The third-order valence-corrected chi connectivity index (χ3v) is 3.25. The normalized spacial score (nSPS) is 10.4. The van der Waals surface area contributed by atoms with E-state index in [1.165, 1.54) is 6.07 Å². The van der Waals surface area contributed by atoms with Crippen LogP contribution >= 0.6 is 27.5 Å². The third kappa shape index (κ3) is 3.03. The van der Waals surface area contributed by atoms with Crippen molar-refractivity contribution in [1.29, 1.82) is 0 Å². The van der Waals surface area contributed by atoms with Crippen LogP contribution in [-0.2, 0) is 5.88 Å². The first-order valence-electron chi connectivity index (χ1n) is 5.38. The van der Waals surface area contributed by atoms with E-state index < -0.39 is 5.82 Å². The van der Waals surface area contributed by atoms with Crippen molar-refractivity contribution < 1.29 is 9.13 Å². The fourth-order valence-electron chi connectivity index (χ4n) is 1.59. The number of aryl methyl sites for hydroxylation is 1. The molecule has 0 atom stereocenters. The van der Waals surface area contributed by atoms with Crippen molar-refractivity contribution in [3.05, 3.63) is 57.8 Å². The number of hydrogen-bond donors (Lipinski definition) is 0. The maximum atomic E-state index is 13.6. The number of ether oxygens (including phenoxy) is 1. The van der Waals surface area contributed by atoms with Crippen molar-refractivity contribution in [2.75, 3.05) is 0 Å². The molecule has 1 nitrogen and oxygen atoms in total. The molecule has 4 heteroatoms. The second-order valence-electron chi connectivity index (χ2n) is 3.92. The summed E-state index contributed by atoms with van der Waals surface area (Å²) >= 11 is 9.14. The van der Waals surface area contributed by atoms with E-state index in [1.54, 1.807) is 18.2 Å². The Morgan fingerprint density at radius 1 is 1.17 bits per heavy atom. The number of rotatable bonds is 3. The average molecular weight is 330 g/mol. The highest BCUT2D eigenvalue weighted by Gasteiger charge is 2.09. The Hall–Kier alpha value is -1.06. The Bertz CT molecular complexity index is 572. The van der Waals surface area contributed by atoms with Crippen LogP contribution in [0.4, 0.5) is 4.39 Å². The first-order valence-corrected chi connectivity index (χ1v) is 6.71. The molecule has 0 N–H and O–H groups in total. The Morgan fingerprint density at radius 2 is 1.94 bits per heavy atom. The van der Waals surface area contributed by atoms with Crippen LogP contribution in [0, 0.1) is 12.7 Å². The molecule has 0 radical (unpaired) electrons. The topological polar surface area (TPSA) is 9.23 Å². The summed E-state index contributed by atoms with van der Waals surface area (Å²) in [6.45, 7) is 1.97. The molecule has 0 spiro atoms. The molecule has 0 heterocycles. The van der Waals surface area contributed by atoms with Crippen LogP contribution in [0.15, 0.2) is 40.9 Å². The van der Waals surface area contributed by atoms with E-state index in [-0.39, 0.29) is 5.75 Å². The number of hydrogen-bond acceptors (Lipinski definition) is 1. The molecule has 2 aromatic carbocycles. The molecular formula is C14H11BrClFO. The molecule has 94 valence electrons. The summed E-state index contributed by atoms with van der Waals surface area (Å²) in [5.74, 6) is 0.679. The first kappa shape index (κ1) is 13.4. The minimum atomic E-state index is -0.403. The standard InChI is InChI=1S/C14H11BrClFO/c1-9-2-5-13(10(6-9)8-16)18-14-7-11(15)3-4-12(14)17/h2-7H,8H2,1H3. The van der Waals surface area contributed by atoms with E-state index in [9.17, 15) is 4.39 Å². The van der Waals surface area contributed by atoms with E-state index in [0.717, 1.165) is 15.6 Å². The molecular weight excluding hydrogens is 319 g/mol. The Labute approximate surface area is 119 Å². The van der Waals surface area contributed by atoms with Crippen molar-refractivity contribution in [2.45, 2.75) is 12.8 Å². The summed E-state index contributed by atoms with van der Waals surface area (Å²) in [7, 11) is 0. The molecule has 18 heavy (non-hydrogen) atoms. The summed E-state index contributed by atoms with van der Waals surface area (Å²) < 4.78 is 19.9. The van der Waals surface area contributed by atoms with Gasteiger partial charge in [-0.05, 0) is 31.2 Å². The molecule has 0 aliphatic rings. The highest BCUT2D eigenvalue weighted by molar-refractivity contribution is 9.10. The van der Waals surface area contributed by atoms with Gasteiger partial charge in [-0.15, -0.1) is 11.6 Å². The quantitative estimate of drug-likeness (QED) is 0.682. The van der Waals surface area contributed by atoms with E-state index in [1.807, 2.05) is 19.1 Å². The van der Waals surface area contributed by atoms with Gasteiger partial charge in [-0.2, -0.15) is 0 Å².